The van der Waals surface area contributed by atoms with E-state index in [0.717, 1.165) is 12.1 Å². The molecule has 2 N–H and O–H groups in total. The van der Waals surface area contributed by atoms with E-state index in [4.69, 9.17) is 4.74 Å². The molecule has 2 heterocycles. The van der Waals surface area contributed by atoms with Crippen LogP contribution in [0.25, 0.3) is 0 Å². The molecule has 1 aromatic rings. The van der Waals surface area contributed by atoms with Crippen LogP contribution < -0.4 is 10.0 Å². The first-order chi connectivity index (χ1) is 9.54. The summed E-state index contributed by atoms with van der Waals surface area (Å²) in [5.41, 5.74) is 0.986. The second-order valence-electron chi connectivity index (χ2n) is 5.62. The minimum atomic E-state index is -3.45. The van der Waals surface area contributed by atoms with Crippen molar-refractivity contribution in [1.29, 1.82) is 0 Å². The maximum Gasteiger partial charge on any atom is 0.242 e. The topological polar surface area (TPSA) is 72.4 Å². The van der Waals surface area contributed by atoms with Gasteiger partial charge in [0.2, 0.25) is 10.0 Å². The van der Waals surface area contributed by atoms with E-state index in [1.165, 1.54) is 12.8 Å². The second-order valence-corrected chi connectivity index (χ2v) is 7.33. The van der Waals surface area contributed by atoms with E-state index >= 15 is 0 Å². The van der Waals surface area contributed by atoms with Gasteiger partial charge in [-0.1, -0.05) is 0 Å². The molecule has 3 rings (SSSR count). The van der Waals surface area contributed by atoms with E-state index < -0.39 is 10.0 Å². The molecule has 0 aromatic carbocycles. The number of nitrogens with zero attached hydrogens (tertiary/aromatic N) is 1. The first-order valence-electron chi connectivity index (χ1n) is 7.03. The molecule has 2 fully saturated rings. The Hall–Kier alpha value is -0.890. The molecule has 1 unspecified atom stereocenters. The van der Waals surface area contributed by atoms with Gasteiger partial charge in [-0.25, -0.2) is 13.1 Å². The Kier molecular flexibility index (Phi) is 3.85. The molecule has 7 heteroatoms. The fourth-order valence-corrected chi connectivity index (χ4v) is 3.70. The van der Waals surface area contributed by atoms with E-state index in [2.05, 4.69) is 10.0 Å². The van der Waals surface area contributed by atoms with Crippen LogP contribution in [0.5, 0.6) is 0 Å². The highest BCUT2D eigenvalue weighted by Crippen LogP contribution is 2.20. The Labute approximate surface area is 119 Å². The standard InChI is InChI=1S/C13H21N3O3S/c1-16-8-13(6-12(16)7-14-10-2-3-10)20(17,18)15-11-4-5-19-9-11/h6,8,10-11,14-15H,2-5,7,9H2,1H3. The van der Waals surface area contributed by atoms with Crippen molar-refractivity contribution >= 4 is 10.0 Å². The number of ether oxygens (including phenoxy) is 1. The van der Waals surface area contributed by atoms with Gasteiger partial charge < -0.3 is 14.6 Å². The Balaban J connectivity index is 1.69. The first-order valence-corrected chi connectivity index (χ1v) is 8.51. The zero-order valence-electron chi connectivity index (χ0n) is 11.6. The predicted molar refractivity (Wildman–Crippen MR) is 74.8 cm³/mol. The number of aryl methyl sites for hydroxylation is 1. The quantitative estimate of drug-likeness (QED) is 0.795. The fraction of sp³-hybridized carbons (Fsp3) is 0.692. The lowest BCUT2D eigenvalue weighted by Gasteiger charge is -2.09. The fourth-order valence-electron chi connectivity index (χ4n) is 2.35. The maximum absolute atomic E-state index is 12.3. The van der Waals surface area contributed by atoms with E-state index in [0.29, 0.717) is 30.7 Å². The van der Waals surface area contributed by atoms with Crippen LogP contribution in [0.4, 0.5) is 0 Å². The Morgan fingerprint density at radius 1 is 1.35 bits per heavy atom. The maximum atomic E-state index is 12.3. The molecule has 1 aromatic heterocycles. The summed E-state index contributed by atoms with van der Waals surface area (Å²) in [6.07, 6.45) is 4.85. The van der Waals surface area contributed by atoms with Crippen LogP contribution in [-0.4, -0.2) is 38.3 Å². The Morgan fingerprint density at radius 3 is 2.80 bits per heavy atom. The van der Waals surface area contributed by atoms with Gasteiger partial charge in [0.15, 0.2) is 0 Å². The molecule has 0 bridgehead atoms. The van der Waals surface area contributed by atoms with Gasteiger partial charge in [0.1, 0.15) is 0 Å². The SMILES string of the molecule is Cn1cc(S(=O)(=O)NC2CCOC2)cc1CNC1CC1. The van der Waals surface area contributed by atoms with Gasteiger partial charge in [0, 0.05) is 44.2 Å². The van der Waals surface area contributed by atoms with Crippen molar-refractivity contribution in [2.75, 3.05) is 13.2 Å². The average molecular weight is 299 g/mol. The molecular formula is C13H21N3O3S. The van der Waals surface area contributed by atoms with Gasteiger partial charge in [-0.05, 0) is 25.3 Å². The molecule has 20 heavy (non-hydrogen) atoms. The molecule has 1 atom stereocenters. The summed E-state index contributed by atoms with van der Waals surface area (Å²) in [6.45, 7) is 1.80. The summed E-state index contributed by atoms with van der Waals surface area (Å²) >= 11 is 0. The van der Waals surface area contributed by atoms with Crippen molar-refractivity contribution in [3.05, 3.63) is 18.0 Å². The van der Waals surface area contributed by atoms with Crippen LogP contribution in [-0.2, 0) is 28.4 Å². The first kappa shape index (κ1) is 14.1. The number of nitrogens with one attached hydrogen (secondary N) is 2. The number of aromatic nitrogens is 1. The van der Waals surface area contributed by atoms with Crippen molar-refractivity contribution < 1.29 is 13.2 Å². The smallest absolute Gasteiger partial charge is 0.242 e. The highest BCUT2D eigenvalue weighted by Gasteiger charge is 2.25. The molecule has 1 aliphatic heterocycles. The van der Waals surface area contributed by atoms with Crippen LogP contribution >= 0.6 is 0 Å². The summed E-state index contributed by atoms with van der Waals surface area (Å²) in [4.78, 5) is 0.333. The Morgan fingerprint density at radius 2 is 2.15 bits per heavy atom. The van der Waals surface area contributed by atoms with E-state index in [-0.39, 0.29) is 6.04 Å². The molecule has 1 aliphatic carbocycles. The van der Waals surface area contributed by atoms with Gasteiger partial charge in [-0.3, -0.25) is 0 Å². The summed E-state index contributed by atoms with van der Waals surface area (Å²) in [5, 5.41) is 3.40. The largest absolute Gasteiger partial charge is 0.380 e. The number of sulfonamides is 1. The van der Waals surface area contributed by atoms with Crippen molar-refractivity contribution in [3.8, 4) is 0 Å². The van der Waals surface area contributed by atoms with Gasteiger partial charge in [0.25, 0.3) is 0 Å². The summed E-state index contributed by atoms with van der Waals surface area (Å²) in [5.74, 6) is 0. The van der Waals surface area contributed by atoms with Crippen molar-refractivity contribution in [3.63, 3.8) is 0 Å². The van der Waals surface area contributed by atoms with E-state index in [1.54, 1.807) is 12.3 Å². The number of rotatable bonds is 6. The van der Waals surface area contributed by atoms with Crippen LogP contribution in [0, 0.1) is 0 Å². The lowest BCUT2D eigenvalue weighted by molar-refractivity contribution is 0.192. The molecule has 1 saturated heterocycles. The van der Waals surface area contributed by atoms with E-state index in [9.17, 15) is 8.42 Å². The third-order valence-electron chi connectivity index (χ3n) is 3.79. The van der Waals surface area contributed by atoms with Crippen molar-refractivity contribution in [1.82, 2.24) is 14.6 Å². The molecule has 112 valence electrons. The highest BCUT2D eigenvalue weighted by molar-refractivity contribution is 7.89. The molecule has 1 saturated carbocycles. The third kappa shape index (κ3) is 3.22. The average Bonchev–Trinajstić information content (AvgIpc) is 2.94. The summed E-state index contributed by atoms with van der Waals surface area (Å²) in [7, 11) is -1.57. The molecule has 2 aliphatic rings. The normalized spacial score (nSPS) is 23.4. The highest BCUT2D eigenvalue weighted by atomic mass is 32.2. The second kappa shape index (κ2) is 5.48. The molecule has 0 amide bonds. The van der Waals surface area contributed by atoms with Crippen molar-refractivity contribution in [2.45, 2.75) is 42.8 Å². The van der Waals surface area contributed by atoms with Gasteiger partial charge in [-0.15, -0.1) is 0 Å². The van der Waals surface area contributed by atoms with Crippen LogP contribution in [0.15, 0.2) is 17.2 Å². The molecule has 0 radical (unpaired) electrons. The molecular weight excluding hydrogens is 278 g/mol. The lowest BCUT2D eigenvalue weighted by Crippen LogP contribution is -2.34. The number of hydrogen-bond acceptors (Lipinski definition) is 4. The Bertz CT molecular complexity index is 572. The zero-order valence-corrected chi connectivity index (χ0v) is 12.4. The van der Waals surface area contributed by atoms with Gasteiger partial charge >= 0.3 is 0 Å². The number of hydrogen-bond donors (Lipinski definition) is 2. The van der Waals surface area contributed by atoms with Crippen molar-refractivity contribution in [2.24, 2.45) is 7.05 Å². The monoisotopic (exact) mass is 299 g/mol. The van der Waals surface area contributed by atoms with Crippen LogP contribution in [0.1, 0.15) is 25.0 Å². The lowest BCUT2D eigenvalue weighted by atomic mass is 10.3. The van der Waals surface area contributed by atoms with Crippen LogP contribution in [0.3, 0.4) is 0 Å². The minimum Gasteiger partial charge on any atom is -0.380 e. The zero-order chi connectivity index (χ0) is 14.2. The van der Waals surface area contributed by atoms with Gasteiger partial charge in [0.05, 0.1) is 11.5 Å². The minimum absolute atomic E-state index is 0.103. The predicted octanol–water partition coefficient (Wildman–Crippen LogP) is 0.344. The van der Waals surface area contributed by atoms with E-state index in [1.807, 2.05) is 11.6 Å². The summed E-state index contributed by atoms with van der Waals surface area (Å²) < 4.78 is 34.4. The molecule has 0 spiro atoms. The summed E-state index contributed by atoms with van der Waals surface area (Å²) in [6, 6.07) is 2.25. The molecule has 6 nitrogen and oxygen atoms in total. The third-order valence-corrected chi connectivity index (χ3v) is 5.28. The van der Waals surface area contributed by atoms with Crippen LogP contribution in [0.2, 0.25) is 0 Å². The van der Waals surface area contributed by atoms with Gasteiger partial charge in [-0.2, -0.15) is 0 Å².